The molecule has 0 aliphatic carbocycles. The van der Waals surface area contributed by atoms with Gasteiger partial charge in [0.2, 0.25) is 10.0 Å². The van der Waals surface area contributed by atoms with Gasteiger partial charge in [-0.25, -0.2) is 22.7 Å². The van der Waals surface area contributed by atoms with Gasteiger partial charge in [-0.1, -0.05) is 0 Å². The fourth-order valence-corrected chi connectivity index (χ4v) is 2.40. The molecular weight excluding hydrogens is 289 g/mol. The topological polar surface area (TPSA) is 95.7 Å². The third-order valence-electron chi connectivity index (χ3n) is 2.55. The number of carbonyl (C=O) groups is 1. The molecule has 0 bridgehead atoms. The van der Waals surface area contributed by atoms with Gasteiger partial charge < -0.3 is 9.47 Å². The normalized spacial score (nSPS) is 13.1. The summed E-state index contributed by atoms with van der Waals surface area (Å²) < 4.78 is 46.1. The summed E-state index contributed by atoms with van der Waals surface area (Å²) in [5.41, 5.74) is -0.367. The Morgan fingerprint density at radius 1 is 1.45 bits per heavy atom. The van der Waals surface area contributed by atoms with Gasteiger partial charge >= 0.3 is 5.97 Å². The first-order chi connectivity index (χ1) is 9.16. The zero-order chi connectivity index (χ0) is 15.5. The van der Waals surface area contributed by atoms with Crippen molar-refractivity contribution in [1.82, 2.24) is 0 Å². The van der Waals surface area contributed by atoms with Crippen molar-refractivity contribution < 1.29 is 27.1 Å². The second-order valence-electron chi connectivity index (χ2n) is 4.30. The molecule has 0 aliphatic heterocycles. The van der Waals surface area contributed by atoms with Crippen molar-refractivity contribution in [3.05, 3.63) is 29.1 Å². The van der Waals surface area contributed by atoms with Gasteiger partial charge in [-0.2, -0.15) is 0 Å². The molecule has 0 saturated carbocycles. The smallest absolute Gasteiger partial charge is 0.338 e. The molecule has 20 heavy (non-hydrogen) atoms. The van der Waals surface area contributed by atoms with Crippen LogP contribution < -0.4 is 5.14 Å². The van der Waals surface area contributed by atoms with E-state index in [4.69, 9.17) is 14.6 Å². The van der Waals surface area contributed by atoms with Gasteiger partial charge in [-0.3, -0.25) is 0 Å². The van der Waals surface area contributed by atoms with Crippen molar-refractivity contribution >= 4 is 16.0 Å². The first kappa shape index (κ1) is 16.5. The second-order valence-corrected chi connectivity index (χ2v) is 5.83. The summed E-state index contributed by atoms with van der Waals surface area (Å²) in [5, 5.41) is 4.98. The Morgan fingerprint density at radius 3 is 2.55 bits per heavy atom. The van der Waals surface area contributed by atoms with E-state index >= 15 is 0 Å². The fourth-order valence-electron chi connectivity index (χ4n) is 1.59. The summed E-state index contributed by atoms with van der Waals surface area (Å²) in [6.07, 6.45) is -0.546. The number of ether oxygens (including phenoxy) is 2. The van der Waals surface area contributed by atoms with Gasteiger partial charge in [-0.15, -0.1) is 0 Å². The lowest BCUT2D eigenvalue weighted by molar-refractivity contribution is 0.0119. The van der Waals surface area contributed by atoms with Crippen LogP contribution in [0.4, 0.5) is 4.39 Å². The number of sulfonamides is 1. The van der Waals surface area contributed by atoms with E-state index in [1.165, 1.54) is 14.0 Å². The van der Waals surface area contributed by atoms with Crippen LogP contribution in [0.5, 0.6) is 0 Å². The summed E-state index contributed by atoms with van der Waals surface area (Å²) in [4.78, 5) is 11.4. The number of rotatable bonds is 5. The summed E-state index contributed by atoms with van der Waals surface area (Å²) in [6.45, 7) is 3.02. The molecule has 1 aromatic rings. The Hall–Kier alpha value is -1.51. The van der Waals surface area contributed by atoms with Crippen molar-refractivity contribution in [2.75, 3.05) is 13.7 Å². The second kappa shape index (κ2) is 6.29. The van der Waals surface area contributed by atoms with E-state index in [2.05, 4.69) is 0 Å². The molecule has 0 heterocycles. The number of carbonyl (C=O) groups excluding carboxylic acids is 1. The number of benzene rings is 1. The van der Waals surface area contributed by atoms with E-state index < -0.39 is 32.8 Å². The van der Waals surface area contributed by atoms with Crippen LogP contribution in [0.3, 0.4) is 0 Å². The minimum atomic E-state index is -4.12. The average molecular weight is 305 g/mol. The molecule has 0 saturated heterocycles. The number of nitrogens with two attached hydrogens (primary N) is 1. The molecule has 0 spiro atoms. The average Bonchev–Trinajstić information content (AvgIpc) is 2.30. The van der Waals surface area contributed by atoms with Gasteiger partial charge in [-0.05, 0) is 26.0 Å². The molecule has 0 aliphatic rings. The molecule has 0 amide bonds. The van der Waals surface area contributed by atoms with Crippen LogP contribution >= 0.6 is 0 Å². The largest absolute Gasteiger partial charge is 0.457 e. The van der Waals surface area contributed by atoms with E-state index in [0.29, 0.717) is 0 Å². The molecule has 0 aromatic heterocycles. The van der Waals surface area contributed by atoms with Gasteiger partial charge in [0, 0.05) is 12.7 Å². The molecule has 1 atom stereocenters. The molecule has 112 valence electrons. The number of esters is 1. The summed E-state index contributed by atoms with van der Waals surface area (Å²) in [6, 6.07) is 1.90. The molecule has 2 N–H and O–H groups in total. The quantitative estimate of drug-likeness (QED) is 0.818. The maximum atomic E-state index is 13.7. The number of hydrogen-bond donors (Lipinski definition) is 1. The van der Waals surface area contributed by atoms with Crippen molar-refractivity contribution in [3.8, 4) is 0 Å². The zero-order valence-corrected chi connectivity index (χ0v) is 12.2. The van der Waals surface area contributed by atoms with Crippen LogP contribution in [-0.2, 0) is 19.5 Å². The minimum absolute atomic E-state index is 0.144. The first-order valence-corrected chi connectivity index (χ1v) is 7.24. The van der Waals surface area contributed by atoms with Crippen molar-refractivity contribution in [2.24, 2.45) is 5.14 Å². The van der Waals surface area contributed by atoms with Gasteiger partial charge in [0.25, 0.3) is 0 Å². The third-order valence-corrected chi connectivity index (χ3v) is 3.59. The summed E-state index contributed by atoms with van der Waals surface area (Å²) in [7, 11) is -2.68. The predicted molar refractivity (Wildman–Crippen MR) is 69.3 cm³/mol. The van der Waals surface area contributed by atoms with Crippen LogP contribution in [0, 0.1) is 12.7 Å². The number of methoxy groups -OCH3 is 1. The van der Waals surface area contributed by atoms with Crippen molar-refractivity contribution in [1.29, 1.82) is 0 Å². The lowest BCUT2D eigenvalue weighted by atomic mass is 10.1. The highest BCUT2D eigenvalue weighted by atomic mass is 32.2. The fraction of sp³-hybridized carbons (Fsp3) is 0.417. The molecule has 0 fully saturated rings. The Balaban J connectivity index is 3.15. The maximum absolute atomic E-state index is 13.7. The van der Waals surface area contributed by atoms with E-state index in [-0.39, 0.29) is 17.7 Å². The lowest BCUT2D eigenvalue weighted by Gasteiger charge is -2.13. The van der Waals surface area contributed by atoms with E-state index in [9.17, 15) is 17.6 Å². The SMILES string of the molecule is COCC(C)OC(=O)c1cc(F)c(C)c(S(N)(=O)=O)c1. The van der Waals surface area contributed by atoms with Gasteiger partial charge in [0.05, 0.1) is 17.1 Å². The number of hydrogen-bond acceptors (Lipinski definition) is 5. The monoisotopic (exact) mass is 305 g/mol. The predicted octanol–water partition coefficient (Wildman–Crippen LogP) is 0.973. The minimum Gasteiger partial charge on any atom is -0.457 e. The zero-order valence-electron chi connectivity index (χ0n) is 11.3. The Kier molecular flexibility index (Phi) is 5.21. The standard InChI is InChI=1S/C12H16FNO5S/c1-7(6-18-3)19-12(15)9-4-10(13)8(2)11(5-9)20(14,16)17/h4-5,7H,6H2,1-3H3,(H2,14,16,17). The first-order valence-electron chi connectivity index (χ1n) is 5.69. The van der Waals surface area contributed by atoms with Crippen molar-refractivity contribution in [3.63, 3.8) is 0 Å². The van der Waals surface area contributed by atoms with E-state index in [1.54, 1.807) is 6.92 Å². The highest BCUT2D eigenvalue weighted by Crippen LogP contribution is 2.20. The molecule has 1 aromatic carbocycles. The Morgan fingerprint density at radius 2 is 2.05 bits per heavy atom. The van der Waals surface area contributed by atoms with Crippen LogP contribution in [0.1, 0.15) is 22.8 Å². The van der Waals surface area contributed by atoms with Crippen LogP contribution in [0.25, 0.3) is 0 Å². The molecule has 6 nitrogen and oxygen atoms in total. The number of primary sulfonamides is 1. The molecule has 0 radical (unpaired) electrons. The van der Waals surface area contributed by atoms with Crippen LogP contribution in [0.2, 0.25) is 0 Å². The third kappa shape index (κ3) is 3.99. The van der Waals surface area contributed by atoms with Crippen LogP contribution in [-0.4, -0.2) is 34.2 Å². The lowest BCUT2D eigenvalue weighted by Crippen LogP contribution is -2.21. The van der Waals surface area contributed by atoms with Gasteiger partial charge in [0.1, 0.15) is 11.9 Å². The molecular formula is C12H16FNO5S. The molecule has 8 heteroatoms. The number of halogens is 1. The van der Waals surface area contributed by atoms with E-state index in [0.717, 1.165) is 12.1 Å². The van der Waals surface area contributed by atoms with Crippen LogP contribution in [0.15, 0.2) is 17.0 Å². The maximum Gasteiger partial charge on any atom is 0.338 e. The summed E-state index contributed by atoms with van der Waals surface area (Å²) in [5.74, 6) is -1.69. The Labute approximate surface area is 116 Å². The molecule has 1 unspecified atom stereocenters. The summed E-state index contributed by atoms with van der Waals surface area (Å²) >= 11 is 0. The highest BCUT2D eigenvalue weighted by Gasteiger charge is 2.20. The van der Waals surface area contributed by atoms with Crippen molar-refractivity contribution in [2.45, 2.75) is 24.8 Å². The highest BCUT2D eigenvalue weighted by molar-refractivity contribution is 7.89. The van der Waals surface area contributed by atoms with E-state index in [1.807, 2.05) is 0 Å². The molecule has 1 rings (SSSR count). The van der Waals surface area contributed by atoms with Gasteiger partial charge in [0.15, 0.2) is 0 Å². The Bertz CT molecular complexity index is 615.